The maximum absolute atomic E-state index is 8.63. The van der Waals surface area contributed by atoms with Gasteiger partial charge in [-0.2, -0.15) is 0 Å². The van der Waals surface area contributed by atoms with Crippen molar-refractivity contribution >= 4 is 0 Å². The minimum atomic E-state index is 0.0974. The van der Waals surface area contributed by atoms with Gasteiger partial charge in [0.05, 0.1) is 26.4 Å². The van der Waals surface area contributed by atoms with Crippen molar-refractivity contribution in [2.24, 2.45) is 0 Å². The molecule has 1 aromatic carbocycles. The lowest BCUT2D eigenvalue weighted by Crippen LogP contribution is -2.37. The molecule has 1 N–H and O–H groups in total. The summed E-state index contributed by atoms with van der Waals surface area (Å²) >= 11 is 0. The second kappa shape index (κ2) is 7.80. The van der Waals surface area contributed by atoms with Crippen molar-refractivity contribution < 1.29 is 19.3 Å². The van der Waals surface area contributed by atoms with Crippen LogP contribution in [0.3, 0.4) is 0 Å². The molecule has 0 bridgehead atoms. The molecule has 102 valence electrons. The molecule has 0 aromatic heterocycles. The van der Waals surface area contributed by atoms with Crippen LogP contribution in [0, 0.1) is 11.8 Å². The predicted octanol–water partition coefficient (Wildman–Crippen LogP) is 1.21. The number of ether oxygens (including phenoxy) is 3. The summed E-state index contributed by atoms with van der Waals surface area (Å²) in [5.74, 6) is 6.65. The van der Waals surface area contributed by atoms with E-state index in [0.29, 0.717) is 32.8 Å². The van der Waals surface area contributed by atoms with Gasteiger partial charge in [0, 0.05) is 12.0 Å². The van der Waals surface area contributed by atoms with Gasteiger partial charge >= 0.3 is 0 Å². The van der Waals surface area contributed by atoms with Crippen LogP contribution in [-0.4, -0.2) is 44.2 Å². The molecule has 1 saturated heterocycles. The van der Waals surface area contributed by atoms with Crippen LogP contribution in [0.2, 0.25) is 0 Å². The summed E-state index contributed by atoms with van der Waals surface area (Å²) in [5.41, 5.74) is 0.920. The van der Waals surface area contributed by atoms with Gasteiger partial charge in [-0.1, -0.05) is 11.8 Å². The normalized spacial score (nSPS) is 14.4. The topological polar surface area (TPSA) is 47.9 Å². The highest BCUT2D eigenvalue weighted by Crippen LogP contribution is 2.12. The van der Waals surface area contributed by atoms with Crippen LogP contribution in [0.4, 0.5) is 0 Å². The summed E-state index contributed by atoms with van der Waals surface area (Å²) in [6.07, 6.45) is 0.744. The van der Waals surface area contributed by atoms with Gasteiger partial charge in [-0.25, -0.2) is 0 Å². The van der Waals surface area contributed by atoms with E-state index in [1.54, 1.807) is 0 Å². The zero-order valence-electron chi connectivity index (χ0n) is 10.8. The molecule has 0 spiro atoms. The standard InChI is InChI=1S/C15H18O4/c16-8-2-1-3-13-4-6-14(7-5-13)18-9-10-19-15-11-17-12-15/h4-7,15-16H,2,8-12H2. The third-order valence-electron chi connectivity index (χ3n) is 2.64. The first-order chi connectivity index (χ1) is 9.38. The first-order valence-corrected chi connectivity index (χ1v) is 6.40. The Bertz CT molecular complexity index is 426. The van der Waals surface area contributed by atoms with Crippen LogP contribution in [0.25, 0.3) is 0 Å². The van der Waals surface area contributed by atoms with E-state index in [4.69, 9.17) is 19.3 Å². The average Bonchev–Trinajstić information content (AvgIpc) is 2.38. The lowest BCUT2D eigenvalue weighted by atomic mass is 10.2. The van der Waals surface area contributed by atoms with Crippen molar-refractivity contribution in [3.05, 3.63) is 29.8 Å². The molecule has 4 heteroatoms. The summed E-state index contributed by atoms with van der Waals surface area (Å²) in [6, 6.07) is 7.57. The minimum absolute atomic E-state index is 0.0974. The first-order valence-electron chi connectivity index (χ1n) is 6.40. The summed E-state index contributed by atoms with van der Waals surface area (Å²) in [4.78, 5) is 0. The fourth-order valence-electron chi connectivity index (χ4n) is 1.54. The minimum Gasteiger partial charge on any atom is -0.491 e. The molecule has 19 heavy (non-hydrogen) atoms. The van der Waals surface area contributed by atoms with Gasteiger partial charge in [-0.05, 0) is 24.3 Å². The van der Waals surface area contributed by atoms with Gasteiger partial charge in [0.1, 0.15) is 18.5 Å². The van der Waals surface area contributed by atoms with Gasteiger partial charge in [-0.3, -0.25) is 0 Å². The number of aliphatic hydroxyl groups is 1. The fraction of sp³-hybridized carbons (Fsp3) is 0.467. The Balaban J connectivity index is 1.67. The van der Waals surface area contributed by atoms with Gasteiger partial charge in [0.25, 0.3) is 0 Å². The van der Waals surface area contributed by atoms with E-state index in [9.17, 15) is 0 Å². The molecule has 0 saturated carbocycles. The van der Waals surface area contributed by atoms with E-state index >= 15 is 0 Å². The molecular formula is C15H18O4. The molecule has 0 amide bonds. The van der Waals surface area contributed by atoms with E-state index < -0.39 is 0 Å². The average molecular weight is 262 g/mol. The lowest BCUT2D eigenvalue weighted by molar-refractivity contribution is -0.132. The van der Waals surface area contributed by atoms with Crippen molar-refractivity contribution in [1.29, 1.82) is 0 Å². The van der Waals surface area contributed by atoms with E-state index in [2.05, 4.69) is 11.8 Å². The van der Waals surface area contributed by atoms with Crippen molar-refractivity contribution in [2.75, 3.05) is 33.0 Å². The summed E-state index contributed by atoms with van der Waals surface area (Å²) in [6.45, 7) is 2.60. The van der Waals surface area contributed by atoms with Crippen LogP contribution < -0.4 is 4.74 Å². The molecule has 0 aliphatic carbocycles. The second-order valence-electron chi connectivity index (χ2n) is 4.18. The van der Waals surface area contributed by atoms with E-state index in [-0.39, 0.29) is 12.7 Å². The quantitative estimate of drug-likeness (QED) is 0.618. The number of aliphatic hydroxyl groups excluding tert-OH is 1. The Morgan fingerprint density at radius 3 is 2.63 bits per heavy atom. The SMILES string of the molecule is OCCC#Cc1ccc(OCCOC2COC2)cc1. The Morgan fingerprint density at radius 2 is 2.00 bits per heavy atom. The molecule has 0 atom stereocenters. The van der Waals surface area contributed by atoms with Gasteiger partial charge < -0.3 is 19.3 Å². The zero-order chi connectivity index (χ0) is 13.3. The molecule has 1 aliphatic rings. The molecule has 1 aromatic rings. The smallest absolute Gasteiger partial charge is 0.119 e. The maximum Gasteiger partial charge on any atom is 0.119 e. The van der Waals surface area contributed by atoms with Gasteiger partial charge in [-0.15, -0.1) is 0 Å². The number of benzene rings is 1. The molecule has 4 nitrogen and oxygen atoms in total. The van der Waals surface area contributed by atoms with Crippen molar-refractivity contribution in [3.8, 4) is 17.6 Å². The van der Waals surface area contributed by atoms with Crippen LogP contribution in [-0.2, 0) is 9.47 Å². The van der Waals surface area contributed by atoms with Crippen molar-refractivity contribution in [2.45, 2.75) is 12.5 Å². The third-order valence-corrected chi connectivity index (χ3v) is 2.64. The number of hydrogen-bond donors (Lipinski definition) is 1. The van der Waals surface area contributed by atoms with E-state index in [0.717, 1.165) is 11.3 Å². The fourth-order valence-corrected chi connectivity index (χ4v) is 1.54. The van der Waals surface area contributed by atoms with Crippen LogP contribution in [0.5, 0.6) is 5.75 Å². The van der Waals surface area contributed by atoms with Gasteiger partial charge in [0.2, 0.25) is 0 Å². The number of rotatable bonds is 6. The monoisotopic (exact) mass is 262 g/mol. The molecule has 0 unspecified atom stereocenters. The molecular weight excluding hydrogens is 244 g/mol. The maximum atomic E-state index is 8.63. The van der Waals surface area contributed by atoms with Crippen LogP contribution >= 0.6 is 0 Å². The second-order valence-corrected chi connectivity index (χ2v) is 4.18. The highest BCUT2D eigenvalue weighted by Gasteiger charge is 2.18. The molecule has 0 radical (unpaired) electrons. The molecule has 1 aliphatic heterocycles. The van der Waals surface area contributed by atoms with E-state index in [1.165, 1.54) is 0 Å². The third kappa shape index (κ3) is 4.92. The zero-order valence-corrected chi connectivity index (χ0v) is 10.8. The van der Waals surface area contributed by atoms with Crippen LogP contribution in [0.15, 0.2) is 24.3 Å². The molecule has 1 fully saturated rings. The van der Waals surface area contributed by atoms with Gasteiger partial charge in [0.15, 0.2) is 0 Å². The Kier molecular flexibility index (Phi) is 5.70. The Labute approximate surface area is 113 Å². The predicted molar refractivity (Wildman–Crippen MR) is 71.1 cm³/mol. The summed E-state index contributed by atoms with van der Waals surface area (Å²) in [7, 11) is 0. The largest absolute Gasteiger partial charge is 0.491 e. The Hall–Kier alpha value is -1.54. The van der Waals surface area contributed by atoms with E-state index in [1.807, 2.05) is 24.3 Å². The highest BCUT2D eigenvalue weighted by molar-refractivity contribution is 5.38. The highest BCUT2D eigenvalue weighted by atomic mass is 16.6. The first kappa shape index (κ1) is 13.9. The summed E-state index contributed by atoms with van der Waals surface area (Å²) < 4.78 is 16.1. The molecule has 2 rings (SSSR count). The Morgan fingerprint density at radius 1 is 1.21 bits per heavy atom. The van der Waals surface area contributed by atoms with Crippen molar-refractivity contribution in [3.63, 3.8) is 0 Å². The van der Waals surface area contributed by atoms with Crippen molar-refractivity contribution in [1.82, 2.24) is 0 Å². The summed E-state index contributed by atoms with van der Waals surface area (Å²) in [5, 5.41) is 8.63. The lowest BCUT2D eigenvalue weighted by Gasteiger charge is -2.25. The number of hydrogen-bond acceptors (Lipinski definition) is 4. The van der Waals surface area contributed by atoms with Crippen LogP contribution in [0.1, 0.15) is 12.0 Å². The molecule has 1 heterocycles.